The van der Waals surface area contributed by atoms with Crippen molar-refractivity contribution in [3.63, 3.8) is 0 Å². The maximum Gasteiger partial charge on any atom is 0.349 e. The van der Waals surface area contributed by atoms with Crippen molar-refractivity contribution in [3.05, 3.63) is 75.1 Å². The summed E-state index contributed by atoms with van der Waals surface area (Å²) in [6.45, 7) is 2.90. The molecule has 2 aliphatic heterocycles. The molecule has 0 saturated carbocycles. The minimum atomic E-state index is -0.662. The van der Waals surface area contributed by atoms with E-state index in [1.54, 1.807) is 30.2 Å². The molecule has 1 amide bonds. The highest BCUT2D eigenvalue weighted by molar-refractivity contribution is 5.95. The molecule has 148 valence electrons. The van der Waals surface area contributed by atoms with Gasteiger partial charge in [-0.05, 0) is 30.7 Å². The molecule has 2 aliphatic rings. The van der Waals surface area contributed by atoms with Gasteiger partial charge in [-0.3, -0.25) is 9.89 Å². The smallest absolute Gasteiger partial charge is 0.349 e. The number of aryl methyl sites for hydroxylation is 1. The lowest BCUT2D eigenvalue weighted by atomic mass is 10.0. The first-order valence-electron chi connectivity index (χ1n) is 9.43. The average Bonchev–Trinajstić information content (AvgIpc) is 3.20. The SMILES string of the molecule is Cc1cc(C2COc3ccccc3O2)oc(=O)c1C(=O)N1CCc2[nH]ncc2C1. The van der Waals surface area contributed by atoms with E-state index in [1.165, 1.54) is 0 Å². The largest absolute Gasteiger partial charge is 0.485 e. The van der Waals surface area contributed by atoms with E-state index in [0.717, 1.165) is 11.3 Å². The van der Waals surface area contributed by atoms with Crippen molar-refractivity contribution >= 4 is 5.91 Å². The van der Waals surface area contributed by atoms with Gasteiger partial charge in [-0.25, -0.2) is 4.79 Å². The van der Waals surface area contributed by atoms with E-state index < -0.39 is 11.7 Å². The Kier molecular flexibility index (Phi) is 4.12. The molecule has 1 aromatic carbocycles. The standard InChI is InChI=1S/C21H19N3O5/c1-12-8-17(18-11-27-15-4-2-3-5-16(15)28-18)29-21(26)19(12)20(25)24-7-6-14-13(10-24)9-22-23-14/h2-5,8-9,18H,6-7,10-11H2,1H3,(H,22,23). The molecule has 1 unspecified atom stereocenters. The number of benzene rings is 1. The second kappa shape index (κ2) is 6.80. The molecule has 0 saturated heterocycles. The molecule has 8 heteroatoms. The summed E-state index contributed by atoms with van der Waals surface area (Å²) in [7, 11) is 0. The van der Waals surface area contributed by atoms with E-state index in [-0.39, 0.29) is 18.1 Å². The predicted molar refractivity (Wildman–Crippen MR) is 102 cm³/mol. The number of nitrogens with zero attached hydrogens (tertiary/aromatic N) is 2. The summed E-state index contributed by atoms with van der Waals surface area (Å²) < 4.78 is 17.1. The predicted octanol–water partition coefficient (Wildman–Crippen LogP) is 2.38. The fourth-order valence-electron chi connectivity index (χ4n) is 3.76. The lowest BCUT2D eigenvalue weighted by Gasteiger charge is -2.27. The Hall–Kier alpha value is -3.55. The zero-order valence-corrected chi connectivity index (χ0v) is 15.8. The van der Waals surface area contributed by atoms with Gasteiger partial charge in [0.1, 0.15) is 12.2 Å². The number of nitrogens with one attached hydrogen (secondary N) is 1. The van der Waals surface area contributed by atoms with Crippen LogP contribution in [0.3, 0.4) is 0 Å². The number of aromatic nitrogens is 2. The van der Waals surface area contributed by atoms with Crippen LogP contribution in [0, 0.1) is 6.92 Å². The molecule has 5 rings (SSSR count). The van der Waals surface area contributed by atoms with Crippen molar-refractivity contribution < 1.29 is 18.7 Å². The normalized spacial score (nSPS) is 17.7. The molecule has 0 radical (unpaired) electrons. The number of carbonyl (C=O) groups excluding carboxylic acids is 1. The van der Waals surface area contributed by atoms with E-state index in [0.29, 0.717) is 42.3 Å². The van der Waals surface area contributed by atoms with Crippen LogP contribution in [-0.4, -0.2) is 34.2 Å². The van der Waals surface area contributed by atoms with Crippen LogP contribution in [0.4, 0.5) is 0 Å². The van der Waals surface area contributed by atoms with Crippen molar-refractivity contribution in [2.45, 2.75) is 26.0 Å². The first-order valence-corrected chi connectivity index (χ1v) is 9.43. The van der Waals surface area contributed by atoms with Crippen LogP contribution in [0.25, 0.3) is 0 Å². The van der Waals surface area contributed by atoms with E-state index in [2.05, 4.69) is 10.2 Å². The van der Waals surface area contributed by atoms with Crippen molar-refractivity contribution in [2.75, 3.05) is 13.2 Å². The van der Waals surface area contributed by atoms with Crippen LogP contribution in [0.1, 0.15) is 39.0 Å². The first-order chi connectivity index (χ1) is 14.1. The molecule has 0 fully saturated rings. The number of carbonyl (C=O) groups is 1. The van der Waals surface area contributed by atoms with Gasteiger partial charge >= 0.3 is 5.63 Å². The van der Waals surface area contributed by atoms with Crippen molar-refractivity contribution in [1.29, 1.82) is 0 Å². The number of ether oxygens (including phenoxy) is 2. The summed E-state index contributed by atoms with van der Waals surface area (Å²) in [6.07, 6.45) is 1.84. The fraction of sp³-hybridized carbons (Fsp3) is 0.286. The number of fused-ring (bicyclic) bond motifs is 2. The van der Waals surface area contributed by atoms with E-state index in [9.17, 15) is 9.59 Å². The quantitative estimate of drug-likeness (QED) is 0.718. The molecule has 0 bridgehead atoms. The van der Waals surface area contributed by atoms with Gasteiger partial charge in [0.05, 0.1) is 6.20 Å². The molecular formula is C21H19N3O5. The molecule has 8 nitrogen and oxygen atoms in total. The molecular weight excluding hydrogens is 374 g/mol. The molecule has 3 aromatic rings. The number of rotatable bonds is 2. The van der Waals surface area contributed by atoms with Gasteiger partial charge in [-0.1, -0.05) is 12.1 Å². The topological polar surface area (TPSA) is 97.7 Å². The van der Waals surface area contributed by atoms with E-state index >= 15 is 0 Å². The Bertz CT molecular complexity index is 1150. The summed E-state index contributed by atoms with van der Waals surface area (Å²) in [5.74, 6) is 1.25. The number of amides is 1. The Labute approximate surface area is 166 Å². The Balaban J connectivity index is 1.41. The molecule has 0 aliphatic carbocycles. The molecule has 1 atom stereocenters. The van der Waals surface area contributed by atoms with Crippen LogP contribution >= 0.6 is 0 Å². The second-order valence-electron chi connectivity index (χ2n) is 7.21. The lowest BCUT2D eigenvalue weighted by molar-refractivity contribution is 0.0690. The van der Waals surface area contributed by atoms with Gasteiger partial charge < -0.3 is 18.8 Å². The van der Waals surface area contributed by atoms with Crippen LogP contribution in [0.5, 0.6) is 11.5 Å². The van der Waals surface area contributed by atoms with Gasteiger partial charge in [-0.15, -0.1) is 0 Å². The minimum Gasteiger partial charge on any atom is -0.485 e. The highest BCUT2D eigenvalue weighted by Gasteiger charge is 2.30. The zero-order valence-electron chi connectivity index (χ0n) is 15.8. The summed E-state index contributed by atoms with van der Waals surface area (Å²) in [6, 6.07) is 9.01. The van der Waals surface area contributed by atoms with E-state index in [1.807, 2.05) is 18.2 Å². The Morgan fingerprint density at radius 3 is 2.93 bits per heavy atom. The first kappa shape index (κ1) is 17.5. The van der Waals surface area contributed by atoms with Gasteiger partial charge in [0.15, 0.2) is 23.4 Å². The third-order valence-electron chi connectivity index (χ3n) is 5.30. The summed E-state index contributed by atoms with van der Waals surface area (Å²) in [5, 5.41) is 6.95. The summed E-state index contributed by atoms with van der Waals surface area (Å²) >= 11 is 0. The third kappa shape index (κ3) is 3.06. The minimum absolute atomic E-state index is 0.0535. The monoisotopic (exact) mass is 393 g/mol. The number of aromatic amines is 1. The highest BCUT2D eigenvalue weighted by atomic mass is 16.6. The molecule has 2 aromatic heterocycles. The van der Waals surface area contributed by atoms with Crippen LogP contribution < -0.4 is 15.1 Å². The van der Waals surface area contributed by atoms with Gasteiger partial charge in [0.25, 0.3) is 5.91 Å². The Morgan fingerprint density at radius 2 is 2.10 bits per heavy atom. The maximum absolute atomic E-state index is 13.0. The number of hydrogen-bond donors (Lipinski definition) is 1. The van der Waals surface area contributed by atoms with Gasteiger partial charge in [0, 0.05) is 30.8 Å². The second-order valence-corrected chi connectivity index (χ2v) is 7.21. The van der Waals surface area contributed by atoms with Crippen LogP contribution in [-0.2, 0) is 13.0 Å². The van der Waals surface area contributed by atoms with Crippen molar-refractivity contribution in [2.24, 2.45) is 0 Å². The summed E-state index contributed by atoms with van der Waals surface area (Å²) in [4.78, 5) is 27.3. The Morgan fingerprint density at radius 1 is 1.28 bits per heavy atom. The number of para-hydroxylation sites is 2. The van der Waals surface area contributed by atoms with Gasteiger partial charge in [0.2, 0.25) is 0 Å². The van der Waals surface area contributed by atoms with Crippen molar-refractivity contribution in [3.8, 4) is 11.5 Å². The molecule has 0 spiro atoms. The third-order valence-corrected chi connectivity index (χ3v) is 5.30. The summed E-state index contributed by atoms with van der Waals surface area (Å²) in [5.41, 5.74) is 1.95. The fourth-order valence-corrected chi connectivity index (χ4v) is 3.76. The average molecular weight is 393 g/mol. The zero-order chi connectivity index (χ0) is 20.0. The number of H-pyrrole nitrogens is 1. The van der Waals surface area contributed by atoms with Crippen LogP contribution in [0.15, 0.2) is 45.7 Å². The lowest BCUT2D eigenvalue weighted by Crippen LogP contribution is -2.38. The molecule has 29 heavy (non-hydrogen) atoms. The van der Waals surface area contributed by atoms with Gasteiger partial charge in [-0.2, -0.15) is 5.10 Å². The molecule has 1 N–H and O–H groups in total. The molecule has 4 heterocycles. The highest BCUT2D eigenvalue weighted by Crippen LogP contribution is 2.35. The number of hydrogen-bond acceptors (Lipinski definition) is 6. The maximum atomic E-state index is 13.0. The van der Waals surface area contributed by atoms with Crippen LogP contribution in [0.2, 0.25) is 0 Å². The van der Waals surface area contributed by atoms with Crippen molar-refractivity contribution in [1.82, 2.24) is 15.1 Å². The van der Waals surface area contributed by atoms with E-state index in [4.69, 9.17) is 13.9 Å².